The molecule has 0 bridgehead atoms. The summed E-state index contributed by atoms with van der Waals surface area (Å²) in [4.78, 5) is 2.27. The molecule has 60 heavy (non-hydrogen) atoms. The fraction of sp³-hybridized carbons (Fsp3) is 0.0877. The van der Waals surface area contributed by atoms with Gasteiger partial charge in [0.1, 0.15) is 0 Å². The normalized spacial score (nSPS) is 13.2. The topological polar surface area (TPSA) is 8.17 Å². The van der Waals surface area contributed by atoms with E-state index in [-0.39, 0.29) is 0 Å². The van der Waals surface area contributed by atoms with Crippen molar-refractivity contribution in [1.29, 1.82) is 0 Å². The van der Waals surface area contributed by atoms with E-state index in [4.69, 9.17) is 0 Å². The van der Waals surface area contributed by atoms with Crippen molar-refractivity contribution in [2.75, 3.05) is 4.90 Å². The zero-order valence-electron chi connectivity index (χ0n) is 34.3. The Kier molecular flexibility index (Phi) is 9.75. The van der Waals surface area contributed by atoms with Gasteiger partial charge in [0.25, 0.3) is 0 Å². The van der Waals surface area contributed by atoms with Gasteiger partial charge in [-0.3, -0.25) is 0 Å². The molecular weight excluding hydrogens is 745 g/mol. The first-order valence-corrected chi connectivity index (χ1v) is 21.7. The molecule has 9 aromatic rings. The molecule has 0 N–H and O–H groups in total. The molecule has 0 aliphatic heterocycles. The predicted octanol–water partition coefficient (Wildman–Crippen LogP) is 16.8. The van der Waals surface area contributed by atoms with Crippen LogP contribution in [0.3, 0.4) is 0 Å². The second-order valence-corrected chi connectivity index (χ2v) is 16.6. The fourth-order valence-electron chi connectivity index (χ4n) is 9.04. The Morgan fingerprint density at radius 1 is 0.667 bits per heavy atom. The highest BCUT2D eigenvalue weighted by Gasteiger charge is 2.19. The van der Waals surface area contributed by atoms with E-state index in [0.29, 0.717) is 0 Å². The molecule has 0 unspecified atom stereocenters. The molecule has 3 heteroatoms. The van der Waals surface area contributed by atoms with E-state index in [1.807, 2.05) is 17.4 Å². The first kappa shape index (κ1) is 37.3. The number of fused-ring (bicyclic) bond motifs is 6. The third kappa shape index (κ3) is 6.43. The number of hydrogen-bond acceptors (Lipinski definition) is 2. The highest BCUT2D eigenvalue weighted by atomic mass is 32.1. The number of aromatic nitrogens is 1. The number of thiophene rings is 1. The lowest BCUT2D eigenvalue weighted by molar-refractivity contribution is 1.04. The van der Waals surface area contributed by atoms with Crippen LogP contribution in [0.2, 0.25) is 0 Å². The summed E-state index contributed by atoms with van der Waals surface area (Å²) >= 11 is 1.89. The Balaban J connectivity index is 1.02. The van der Waals surface area contributed by atoms with Crippen LogP contribution in [0.25, 0.3) is 81.6 Å². The standard InChI is InChI=1S/C57H46N2S/c1-5-14-48-38(4)21-35-51-53-37-43(49-18-13-19-52-50-17-11-12-20-55(50)60-57(49)52)28-36-54(53)59(56(48)51)47-33-26-42(27-34-47)41-24-31-46(32-25-41)58(44(6-2)7-3)45-29-22-40(23-30-45)39-15-9-8-10-16-39/h5-7,9,11-37H,2,8,10H2,1,3-4H3/b14-5-,44-7+. The van der Waals surface area contributed by atoms with Crippen molar-refractivity contribution in [2.45, 2.75) is 33.6 Å². The van der Waals surface area contributed by atoms with Crippen molar-refractivity contribution in [3.63, 3.8) is 0 Å². The molecule has 0 atom stereocenters. The van der Waals surface area contributed by atoms with Gasteiger partial charge in [0.2, 0.25) is 0 Å². The molecule has 1 aliphatic rings. The minimum absolute atomic E-state index is 1.04. The molecule has 290 valence electrons. The molecule has 2 heterocycles. The van der Waals surface area contributed by atoms with E-state index < -0.39 is 0 Å². The molecule has 2 nitrogen and oxygen atoms in total. The van der Waals surface area contributed by atoms with Crippen molar-refractivity contribution >= 4 is 76.3 Å². The number of aryl methyl sites for hydroxylation is 1. The van der Waals surface area contributed by atoms with Crippen molar-refractivity contribution in [2.24, 2.45) is 0 Å². The average molecular weight is 791 g/mol. The third-order valence-electron chi connectivity index (χ3n) is 12.0. The van der Waals surface area contributed by atoms with Gasteiger partial charge >= 0.3 is 0 Å². The maximum absolute atomic E-state index is 4.15. The minimum atomic E-state index is 1.04. The summed E-state index contributed by atoms with van der Waals surface area (Å²) in [5.41, 5.74) is 16.7. The Morgan fingerprint density at radius 2 is 1.37 bits per heavy atom. The predicted molar refractivity (Wildman–Crippen MR) is 263 cm³/mol. The molecule has 7 aromatic carbocycles. The Morgan fingerprint density at radius 3 is 2.07 bits per heavy atom. The first-order chi connectivity index (χ1) is 29.5. The van der Waals surface area contributed by atoms with E-state index in [1.54, 1.807) is 0 Å². The second kappa shape index (κ2) is 15.7. The van der Waals surface area contributed by atoms with Gasteiger partial charge in [-0.25, -0.2) is 0 Å². The fourth-order valence-corrected chi connectivity index (χ4v) is 10.3. The summed E-state index contributed by atoms with van der Waals surface area (Å²) in [6.07, 6.45) is 17.5. The van der Waals surface area contributed by atoms with Gasteiger partial charge in [-0.1, -0.05) is 134 Å². The highest BCUT2D eigenvalue weighted by Crippen LogP contribution is 2.43. The van der Waals surface area contributed by atoms with Crippen LogP contribution in [-0.2, 0) is 0 Å². The molecule has 0 fully saturated rings. The monoisotopic (exact) mass is 790 g/mol. The van der Waals surface area contributed by atoms with Crippen LogP contribution in [0.4, 0.5) is 11.4 Å². The van der Waals surface area contributed by atoms with Gasteiger partial charge in [0, 0.05) is 59.3 Å². The van der Waals surface area contributed by atoms with Crippen LogP contribution in [-0.4, -0.2) is 4.57 Å². The lowest BCUT2D eigenvalue weighted by atomic mass is 9.99. The number of allylic oxidation sites excluding steroid dienone is 7. The Bertz CT molecular complexity index is 3220. The summed E-state index contributed by atoms with van der Waals surface area (Å²) in [5.74, 6) is 0. The molecule has 1 aliphatic carbocycles. The van der Waals surface area contributed by atoms with Gasteiger partial charge in [-0.05, 0) is 133 Å². The van der Waals surface area contributed by atoms with Crippen LogP contribution < -0.4 is 4.90 Å². The van der Waals surface area contributed by atoms with Crippen LogP contribution in [0.5, 0.6) is 0 Å². The van der Waals surface area contributed by atoms with Crippen molar-refractivity contribution < 1.29 is 0 Å². The largest absolute Gasteiger partial charge is 0.311 e. The summed E-state index contributed by atoms with van der Waals surface area (Å²) < 4.78 is 5.13. The second-order valence-electron chi connectivity index (χ2n) is 15.6. The van der Waals surface area contributed by atoms with Crippen LogP contribution >= 0.6 is 11.3 Å². The Labute approximate surface area is 356 Å². The lowest BCUT2D eigenvalue weighted by Crippen LogP contribution is -2.14. The summed E-state index contributed by atoms with van der Waals surface area (Å²) in [7, 11) is 0. The molecule has 0 radical (unpaired) electrons. The van der Waals surface area contributed by atoms with E-state index in [2.05, 4.69) is 219 Å². The van der Waals surface area contributed by atoms with Crippen LogP contribution in [0.1, 0.15) is 43.4 Å². The Hall–Kier alpha value is -6.94. The summed E-state index contributed by atoms with van der Waals surface area (Å²) in [6, 6.07) is 53.9. The third-order valence-corrected chi connectivity index (χ3v) is 13.3. The molecular formula is C57H46N2S. The van der Waals surface area contributed by atoms with Crippen LogP contribution in [0, 0.1) is 6.92 Å². The maximum atomic E-state index is 4.15. The highest BCUT2D eigenvalue weighted by molar-refractivity contribution is 7.26. The summed E-state index contributed by atoms with van der Waals surface area (Å²) in [5, 5.41) is 5.17. The zero-order chi connectivity index (χ0) is 40.7. The molecule has 0 amide bonds. The van der Waals surface area contributed by atoms with Gasteiger partial charge in [-0.15, -0.1) is 11.3 Å². The number of anilines is 2. The molecule has 0 saturated heterocycles. The van der Waals surface area contributed by atoms with E-state index in [9.17, 15) is 0 Å². The minimum Gasteiger partial charge on any atom is -0.311 e. The van der Waals surface area contributed by atoms with E-state index in [1.165, 1.54) is 86.5 Å². The lowest BCUT2D eigenvalue weighted by Gasteiger charge is -2.26. The van der Waals surface area contributed by atoms with Crippen LogP contribution in [0.15, 0.2) is 194 Å². The average Bonchev–Trinajstić information content (AvgIpc) is 3.85. The maximum Gasteiger partial charge on any atom is 0.0615 e. The smallest absolute Gasteiger partial charge is 0.0615 e. The first-order valence-electron chi connectivity index (χ1n) is 20.9. The SMILES string of the molecule is C=C/C(=C\C)N(c1ccc(C2=CCCC=C2)cc1)c1ccc(-c2ccc(-n3c4ccc(-c5cccc6c5sc5ccccc56)cc4c4ccc(C)c(/C=C\C)c43)cc2)cc1. The van der Waals surface area contributed by atoms with Gasteiger partial charge in [0.15, 0.2) is 0 Å². The number of rotatable bonds is 9. The van der Waals surface area contributed by atoms with E-state index in [0.717, 1.165) is 35.6 Å². The zero-order valence-corrected chi connectivity index (χ0v) is 35.1. The number of benzene rings is 7. The molecule has 0 saturated carbocycles. The molecule has 10 rings (SSSR count). The van der Waals surface area contributed by atoms with Crippen molar-refractivity contribution in [3.05, 3.63) is 211 Å². The van der Waals surface area contributed by atoms with E-state index >= 15 is 0 Å². The molecule has 2 aromatic heterocycles. The molecule has 0 spiro atoms. The summed E-state index contributed by atoms with van der Waals surface area (Å²) in [6.45, 7) is 10.5. The van der Waals surface area contributed by atoms with Crippen molar-refractivity contribution in [3.8, 4) is 27.9 Å². The van der Waals surface area contributed by atoms with Gasteiger partial charge in [-0.2, -0.15) is 0 Å². The number of hydrogen-bond donors (Lipinski definition) is 0. The quantitative estimate of drug-likeness (QED) is 0.132. The van der Waals surface area contributed by atoms with Gasteiger partial charge < -0.3 is 9.47 Å². The number of nitrogens with zero attached hydrogens (tertiary/aromatic N) is 2. The van der Waals surface area contributed by atoms with Crippen molar-refractivity contribution in [1.82, 2.24) is 4.57 Å². The van der Waals surface area contributed by atoms with Gasteiger partial charge in [0.05, 0.1) is 11.0 Å².